The molecule has 0 radical (unpaired) electrons. The molecule has 0 unspecified atom stereocenters. The van der Waals surface area contributed by atoms with Crippen molar-refractivity contribution in [3.8, 4) is 5.75 Å². The second kappa shape index (κ2) is 3.71. The van der Waals surface area contributed by atoms with Crippen molar-refractivity contribution in [2.45, 2.75) is 4.21 Å². The summed E-state index contributed by atoms with van der Waals surface area (Å²) < 4.78 is 7.68. The third kappa shape index (κ3) is 1.44. The summed E-state index contributed by atoms with van der Waals surface area (Å²) in [6.07, 6.45) is 2.06. The highest BCUT2D eigenvalue weighted by Gasteiger charge is 2.08. The lowest BCUT2D eigenvalue weighted by Crippen LogP contribution is -1.87. The van der Waals surface area contributed by atoms with Crippen molar-refractivity contribution in [2.24, 2.45) is 0 Å². The van der Waals surface area contributed by atoms with Crippen molar-refractivity contribution in [1.82, 2.24) is 0 Å². The molecule has 1 aromatic heterocycles. The Labute approximate surface area is 91.1 Å². The minimum Gasteiger partial charge on any atom is -0.495 e. The number of benzene rings is 1. The van der Waals surface area contributed by atoms with E-state index in [0.29, 0.717) is 0 Å². The number of hydrogen-bond acceptors (Lipinski definition) is 4. The van der Waals surface area contributed by atoms with Crippen LogP contribution >= 0.6 is 23.1 Å². The maximum absolute atomic E-state index is 5.89. The van der Waals surface area contributed by atoms with Crippen LogP contribution in [0.3, 0.4) is 0 Å². The van der Waals surface area contributed by atoms with Gasteiger partial charge in [0.05, 0.1) is 16.0 Å². The standard InChI is InChI=1S/C10H11NOS2/c1-12-8-4-3-7(11)6-5-9(13-2)14-10(6)8/h3-5H,11H2,1-2H3. The first-order chi connectivity index (χ1) is 6.76. The third-order valence-corrected chi connectivity index (χ3v) is 4.29. The molecule has 2 rings (SSSR count). The minimum atomic E-state index is 0.817. The maximum Gasteiger partial charge on any atom is 0.136 e. The van der Waals surface area contributed by atoms with E-state index in [2.05, 4.69) is 12.3 Å². The smallest absolute Gasteiger partial charge is 0.136 e. The Kier molecular flexibility index (Phi) is 2.56. The van der Waals surface area contributed by atoms with Crippen LogP contribution in [0.25, 0.3) is 10.1 Å². The van der Waals surface area contributed by atoms with Crippen LogP contribution in [0.1, 0.15) is 0 Å². The summed E-state index contributed by atoms with van der Waals surface area (Å²) in [5.41, 5.74) is 6.71. The largest absolute Gasteiger partial charge is 0.495 e. The molecule has 0 amide bonds. The number of hydrogen-bond donors (Lipinski definition) is 1. The van der Waals surface area contributed by atoms with Crippen LogP contribution in [-0.2, 0) is 0 Å². The monoisotopic (exact) mass is 225 g/mol. The molecule has 0 saturated carbocycles. The molecule has 0 aliphatic carbocycles. The van der Waals surface area contributed by atoms with Gasteiger partial charge in [0.2, 0.25) is 0 Å². The molecule has 2 nitrogen and oxygen atoms in total. The summed E-state index contributed by atoms with van der Waals surface area (Å²) in [6, 6.07) is 5.92. The molecule has 74 valence electrons. The van der Waals surface area contributed by atoms with E-state index in [1.165, 1.54) is 4.21 Å². The molecule has 2 aromatic rings. The van der Waals surface area contributed by atoms with Gasteiger partial charge in [0.25, 0.3) is 0 Å². The molecule has 1 aromatic carbocycles. The van der Waals surface area contributed by atoms with Crippen LogP contribution in [0.2, 0.25) is 0 Å². The highest BCUT2D eigenvalue weighted by atomic mass is 32.2. The molecular weight excluding hydrogens is 214 g/mol. The Morgan fingerprint density at radius 1 is 1.43 bits per heavy atom. The molecule has 0 aliphatic heterocycles. The summed E-state index contributed by atoms with van der Waals surface area (Å²) in [4.78, 5) is 0. The lowest BCUT2D eigenvalue weighted by atomic mass is 10.2. The molecule has 14 heavy (non-hydrogen) atoms. The van der Waals surface area contributed by atoms with E-state index >= 15 is 0 Å². The van der Waals surface area contributed by atoms with Crippen molar-refractivity contribution in [1.29, 1.82) is 0 Å². The molecule has 1 heterocycles. The van der Waals surface area contributed by atoms with Crippen LogP contribution in [0.5, 0.6) is 5.75 Å². The average molecular weight is 225 g/mol. The molecule has 0 aliphatic rings. The summed E-state index contributed by atoms with van der Waals surface area (Å²) in [5.74, 6) is 0.902. The number of ether oxygens (including phenoxy) is 1. The van der Waals surface area contributed by atoms with Gasteiger partial charge in [-0.25, -0.2) is 0 Å². The number of anilines is 1. The average Bonchev–Trinajstić information content (AvgIpc) is 2.63. The van der Waals surface area contributed by atoms with E-state index in [1.807, 2.05) is 12.1 Å². The van der Waals surface area contributed by atoms with Gasteiger partial charge in [-0.2, -0.15) is 0 Å². The number of fused-ring (bicyclic) bond motifs is 1. The molecular formula is C10H11NOS2. The van der Waals surface area contributed by atoms with Gasteiger partial charge in [-0.15, -0.1) is 23.1 Å². The molecule has 2 N–H and O–H groups in total. The van der Waals surface area contributed by atoms with E-state index in [-0.39, 0.29) is 0 Å². The van der Waals surface area contributed by atoms with Gasteiger partial charge in [-0.3, -0.25) is 0 Å². The van der Waals surface area contributed by atoms with Gasteiger partial charge in [0.15, 0.2) is 0 Å². The van der Waals surface area contributed by atoms with Gasteiger partial charge in [-0.1, -0.05) is 0 Å². The van der Waals surface area contributed by atoms with Crippen LogP contribution in [0, 0.1) is 0 Å². The fourth-order valence-electron chi connectivity index (χ4n) is 1.36. The number of nitrogens with two attached hydrogens (primary N) is 1. The Morgan fingerprint density at radius 2 is 2.21 bits per heavy atom. The summed E-state index contributed by atoms with van der Waals surface area (Å²) in [6.45, 7) is 0. The zero-order chi connectivity index (χ0) is 10.1. The highest BCUT2D eigenvalue weighted by Crippen LogP contribution is 2.39. The SMILES string of the molecule is COc1ccc(N)c2cc(SC)sc12. The first-order valence-electron chi connectivity index (χ1n) is 4.16. The maximum atomic E-state index is 5.89. The number of methoxy groups -OCH3 is 1. The van der Waals surface area contributed by atoms with Crippen LogP contribution in [0.15, 0.2) is 22.4 Å². The quantitative estimate of drug-likeness (QED) is 0.629. The molecule has 4 heteroatoms. The normalized spacial score (nSPS) is 10.7. The zero-order valence-electron chi connectivity index (χ0n) is 8.03. The number of thiophene rings is 1. The first kappa shape index (κ1) is 9.68. The van der Waals surface area contributed by atoms with Gasteiger partial charge in [-0.05, 0) is 24.5 Å². The highest BCUT2D eigenvalue weighted by molar-refractivity contribution is 8.00. The Balaban J connectivity index is 2.74. The van der Waals surface area contributed by atoms with Crippen molar-refractivity contribution >= 4 is 38.9 Å². The van der Waals surface area contributed by atoms with Gasteiger partial charge < -0.3 is 10.5 Å². The topological polar surface area (TPSA) is 35.2 Å². The van der Waals surface area contributed by atoms with E-state index in [9.17, 15) is 0 Å². The van der Waals surface area contributed by atoms with E-state index < -0.39 is 0 Å². The predicted octanol–water partition coefficient (Wildman–Crippen LogP) is 3.21. The Bertz CT molecular complexity index is 464. The van der Waals surface area contributed by atoms with Crippen molar-refractivity contribution in [3.63, 3.8) is 0 Å². The van der Waals surface area contributed by atoms with Crippen molar-refractivity contribution in [2.75, 3.05) is 19.1 Å². The lowest BCUT2D eigenvalue weighted by Gasteiger charge is -2.02. The molecule has 0 atom stereocenters. The lowest BCUT2D eigenvalue weighted by molar-refractivity contribution is 0.420. The second-order valence-electron chi connectivity index (χ2n) is 2.87. The van der Waals surface area contributed by atoms with Gasteiger partial charge in [0.1, 0.15) is 5.75 Å². The van der Waals surface area contributed by atoms with Crippen LogP contribution in [0.4, 0.5) is 5.69 Å². The van der Waals surface area contributed by atoms with E-state index in [0.717, 1.165) is 21.5 Å². The number of nitrogen functional groups attached to an aromatic ring is 1. The van der Waals surface area contributed by atoms with Gasteiger partial charge >= 0.3 is 0 Å². The molecule has 0 bridgehead atoms. The first-order valence-corrected chi connectivity index (χ1v) is 6.20. The number of thioether (sulfide) groups is 1. The fraction of sp³-hybridized carbons (Fsp3) is 0.200. The van der Waals surface area contributed by atoms with Crippen molar-refractivity contribution in [3.05, 3.63) is 18.2 Å². The van der Waals surface area contributed by atoms with Gasteiger partial charge in [0, 0.05) is 11.1 Å². The van der Waals surface area contributed by atoms with E-state index in [4.69, 9.17) is 10.5 Å². The van der Waals surface area contributed by atoms with Crippen molar-refractivity contribution < 1.29 is 4.74 Å². The molecule has 0 spiro atoms. The summed E-state index contributed by atoms with van der Waals surface area (Å²) in [5, 5.41) is 1.10. The zero-order valence-corrected chi connectivity index (χ0v) is 9.67. The minimum absolute atomic E-state index is 0.817. The predicted molar refractivity (Wildman–Crippen MR) is 64.6 cm³/mol. The second-order valence-corrected chi connectivity index (χ2v) is 5.03. The van der Waals surface area contributed by atoms with E-state index in [1.54, 1.807) is 30.2 Å². The van der Waals surface area contributed by atoms with Crippen LogP contribution < -0.4 is 10.5 Å². The fourth-order valence-corrected chi connectivity index (χ4v) is 3.09. The summed E-state index contributed by atoms with van der Waals surface area (Å²) >= 11 is 3.45. The number of rotatable bonds is 2. The Morgan fingerprint density at radius 3 is 2.86 bits per heavy atom. The molecule has 0 fully saturated rings. The molecule has 0 saturated heterocycles. The summed E-state index contributed by atoms with van der Waals surface area (Å²) in [7, 11) is 1.68. The Hall–Kier alpha value is -0.870. The third-order valence-electron chi connectivity index (χ3n) is 2.08. The van der Waals surface area contributed by atoms with Crippen LogP contribution in [-0.4, -0.2) is 13.4 Å².